The fraction of sp³-hybridized carbons (Fsp3) is 0.143. The summed E-state index contributed by atoms with van der Waals surface area (Å²) < 4.78 is 0. The van der Waals surface area contributed by atoms with Crippen molar-refractivity contribution in [2.24, 2.45) is 0 Å². The highest BCUT2D eigenvalue weighted by atomic mass is 28.1. The monoisotopic (exact) mass is 121 g/mol. The summed E-state index contributed by atoms with van der Waals surface area (Å²) in [7, 11) is 1.93. The molecular formula is C7H9Si. The zero-order valence-electron chi connectivity index (χ0n) is 5.02. The van der Waals surface area contributed by atoms with Crippen LogP contribution in [0, 0.1) is 6.92 Å². The molecule has 0 fully saturated rings. The van der Waals surface area contributed by atoms with Crippen LogP contribution in [0.4, 0.5) is 0 Å². The Labute approximate surface area is 53.0 Å². The van der Waals surface area contributed by atoms with Gasteiger partial charge in [0, 0.05) is 10.2 Å². The molecule has 0 amide bonds. The topological polar surface area (TPSA) is 0 Å². The molecule has 1 heteroatoms. The van der Waals surface area contributed by atoms with Gasteiger partial charge in [-0.2, -0.15) is 0 Å². The van der Waals surface area contributed by atoms with Crippen molar-refractivity contribution >= 4 is 15.4 Å². The van der Waals surface area contributed by atoms with E-state index >= 15 is 0 Å². The second-order valence-corrected chi connectivity index (χ2v) is 2.69. The predicted octanol–water partition coefficient (Wildman–Crippen LogP) is 0.253. The van der Waals surface area contributed by atoms with E-state index in [1.807, 2.05) is 10.2 Å². The third kappa shape index (κ3) is 0.983. The maximum atomic E-state index is 2.13. The van der Waals surface area contributed by atoms with Gasteiger partial charge in [0.15, 0.2) is 0 Å². The van der Waals surface area contributed by atoms with Crippen LogP contribution in [0.25, 0.3) is 0 Å². The molecule has 0 aliphatic carbocycles. The van der Waals surface area contributed by atoms with Gasteiger partial charge in [-0.05, 0) is 6.92 Å². The zero-order chi connectivity index (χ0) is 5.98. The quantitative estimate of drug-likeness (QED) is 0.432. The number of aryl methyl sites for hydroxylation is 1. The van der Waals surface area contributed by atoms with Crippen molar-refractivity contribution in [1.29, 1.82) is 0 Å². The van der Waals surface area contributed by atoms with Crippen LogP contribution < -0.4 is 5.19 Å². The van der Waals surface area contributed by atoms with Crippen molar-refractivity contribution in [2.45, 2.75) is 6.92 Å². The van der Waals surface area contributed by atoms with E-state index in [0.29, 0.717) is 0 Å². The fourth-order valence-corrected chi connectivity index (χ4v) is 0.864. The van der Waals surface area contributed by atoms with Crippen LogP contribution in [0.5, 0.6) is 0 Å². The van der Waals surface area contributed by atoms with Crippen molar-refractivity contribution in [3.63, 3.8) is 0 Å². The van der Waals surface area contributed by atoms with E-state index < -0.39 is 0 Å². The van der Waals surface area contributed by atoms with Gasteiger partial charge in [-0.25, -0.2) is 0 Å². The maximum absolute atomic E-state index is 2.13. The van der Waals surface area contributed by atoms with Crippen LogP contribution in [0.2, 0.25) is 0 Å². The van der Waals surface area contributed by atoms with E-state index in [4.69, 9.17) is 0 Å². The third-order valence-electron chi connectivity index (χ3n) is 1.26. The molecule has 1 radical (unpaired) electrons. The highest BCUT2D eigenvalue weighted by Gasteiger charge is 1.83. The summed E-state index contributed by atoms with van der Waals surface area (Å²) in [5.41, 5.74) is 1.38. The molecule has 0 saturated carbocycles. The van der Waals surface area contributed by atoms with Crippen LogP contribution >= 0.6 is 0 Å². The normalized spacial score (nSPS) is 9.25. The van der Waals surface area contributed by atoms with Gasteiger partial charge in [0.1, 0.15) is 0 Å². The summed E-state index contributed by atoms with van der Waals surface area (Å²) in [5.74, 6) is 0. The highest BCUT2D eigenvalue weighted by molar-refractivity contribution is 6.33. The van der Waals surface area contributed by atoms with Crippen molar-refractivity contribution in [3.05, 3.63) is 29.8 Å². The molecule has 1 aromatic rings. The minimum absolute atomic E-state index is 1.38. The average Bonchev–Trinajstić information content (AvgIpc) is 1.77. The third-order valence-corrected chi connectivity index (χ3v) is 2.05. The van der Waals surface area contributed by atoms with Gasteiger partial charge < -0.3 is 0 Å². The molecule has 1 rings (SSSR count). The first-order valence-electron chi connectivity index (χ1n) is 2.68. The minimum atomic E-state index is 1.38. The van der Waals surface area contributed by atoms with Crippen molar-refractivity contribution in [1.82, 2.24) is 0 Å². The molecular weight excluding hydrogens is 112 g/mol. The Bertz CT molecular complexity index is 160. The van der Waals surface area contributed by atoms with E-state index in [1.54, 1.807) is 0 Å². The Balaban J connectivity index is 3.13. The van der Waals surface area contributed by atoms with Crippen LogP contribution in [0.3, 0.4) is 0 Å². The Morgan fingerprint density at radius 3 is 2.25 bits per heavy atom. The molecule has 41 valence electrons. The molecule has 0 unspecified atom stereocenters. The lowest BCUT2D eigenvalue weighted by Crippen LogP contribution is -2.04. The van der Waals surface area contributed by atoms with E-state index in [0.717, 1.165) is 0 Å². The van der Waals surface area contributed by atoms with Gasteiger partial charge in [-0.3, -0.25) is 0 Å². The molecule has 0 bridgehead atoms. The molecule has 8 heavy (non-hydrogen) atoms. The molecule has 0 nitrogen and oxygen atoms in total. The molecule has 0 saturated heterocycles. The molecule has 1 aromatic carbocycles. The lowest BCUT2D eigenvalue weighted by molar-refractivity contribution is 1.52. The SMILES string of the molecule is Cc1ccccc1[SiH2]. The number of hydrogen-bond acceptors (Lipinski definition) is 0. The van der Waals surface area contributed by atoms with Crippen LogP contribution in [-0.2, 0) is 0 Å². The van der Waals surface area contributed by atoms with Crippen LogP contribution in [0.1, 0.15) is 5.56 Å². The molecule has 0 N–H and O–H groups in total. The predicted molar refractivity (Wildman–Crippen MR) is 39.4 cm³/mol. The van der Waals surface area contributed by atoms with Gasteiger partial charge >= 0.3 is 0 Å². The Kier molecular flexibility index (Phi) is 1.49. The fourth-order valence-electron chi connectivity index (χ4n) is 0.610. The first-order valence-corrected chi connectivity index (χ1v) is 3.39. The molecule has 0 spiro atoms. The number of rotatable bonds is 0. The standard InChI is InChI=1S/C7H9Si/c1-6-4-2-3-5-7(6)8/h2-5H,8H2,1H3. The second-order valence-electron chi connectivity index (χ2n) is 1.93. The lowest BCUT2D eigenvalue weighted by Gasteiger charge is -1.93. The summed E-state index contributed by atoms with van der Waals surface area (Å²) in [4.78, 5) is 0. The number of hydrogen-bond donors (Lipinski definition) is 0. The molecule has 0 aliphatic rings. The van der Waals surface area contributed by atoms with Gasteiger partial charge in [0.25, 0.3) is 0 Å². The Morgan fingerprint density at radius 1 is 1.25 bits per heavy atom. The maximum Gasteiger partial charge on any atom is 0.0480 e. The summed E-state index contributed by atoms with van der Waals surface area (Å²) in [6.07, 6.45) is 0. The minimum Gasteiger partial charge on any atom is -0.0669 e. The van der Waals surface area contributed by atoms with E-state index in [9.17, 15) is 0 Å². The average molecular weight is 121 g/mol. The van der Waals surface area contributed by atoms with Gasteiger partial charge in [-0.1, -0.05) is 35.0 Å². The second kappa shape index (κ2) is 2.14. The molecule has 0 aromatic heterocycles. The smallest absolute Gasteiger partial charge is 0.0480 e. The Hall–Kier alpha value is -0.563. The first kappa shape index (κ1) is 5.57. The summed E-state index contributed by atoms with van der Waals surface area (Å²) in [5, 5.41) is 1.40. The highest BCUT2D eigenvalue weighted by Crippen LogP contribution is 1.88. The molecule has 0 atom stereocenters. The van der Waals surface area contributed by atoms with Crippen LogP contribution in [0.15, 0.2) is 24.3 Å². The Morgan fingerprint density at radius 2 is 1.88 bits per heavy atom. The van der Waals surface area contributed by atoms with Crippen molar-refractivity contribution < 1.29 is 0 Å². The lowest BCUT2D eigenvalue weighted by atomic mass is 10.2. The molecule has 0 heterocycles. The summed E-state index contributed by atoms with van der Waals surface area (Å²) >= 11 is 0. The largest absolute Gasteiger partial charge is 0.0669 e. The van der Waals surface area contributed by atoms with E-state index in [2.05, 4.69) is 31.2 Å². The van der Waals surface area contributed by atoms with Gasteiger partial charge in [0.2, 0.25) is 0 Å². The van der Waals surface area contributed by atoms with Gasteiger partial charge in [-0.15, -0.1) is 0 Å². The number of benzene rings is 1. The first-order chi connectivity index (χ1) is 3.80. The zero-order valence-corrected chi connectivity index (χ0v) is 6.43. The van der Waals surface area contributed by atoms with Crippen molar-refractivity contribution in [3.8, 4) is 0 Å². The summed E-state index contributed by atoms with van der Waals surface area (Å²) in [6, 6.07) is 8.39. The van der Waals surface area contributed by atoms with Gasteiger partial charge in [0.05, 0.1) is 0 Å². The summed E-state index contributed by atoms with van der Waals surface area (Å²) in [6.45, 7) is 2.13. The molecule has 0 aliphatic heterocycles. The van der Waals surface area contributed by atoms with Crippen molar-refractivity contribution in [2.75, 3.05) is 0 Å². The van der Waals surface area contributed by atoms with Crippen LogP contribution in [-0.4, -0.2) is 10.2 Å². The van der Waals surface area contributed by atoms with E-state index in [-0.39, 0.29) is 0 Å². The van der Waals surface area contributed by atoms with E-state index in [1.165, 1.54) is 10.8 Å².